The van der Waals surface area contributed by atoms with Gasteiger partial charge >= 0.3 is 0 Å². The summed E-state index contributed by atoms with van der Waals surface area (Å²) in [5.74, 6) is -0.000738. The van der Waals surface area contributed by atoms with Crippen LogP contribution in [-0.2, 0) is 0 Å². The minimum Gasteiger partial charge on any atom is -0.388 e. The average Bonchev–Trinajstić information content (AvgIpc) is 2.28. The maximum Gasteiger partial charge on any atom is 0.251 e. The van der Waals surface area contributed by atoms with Crippen molar-refractivity contribution in [3.63, 3.8) is 0 Å². The maximum absolute atomic E-state index is 12.2. The number of carbonyl (C=O) groups is 1. The van der Waals surface area contributed by atoms with E-state index in [1.165, 1.54) is 0 Å². The second-order valence-electron chi connectivity index (χ2n) is 5.37. The molecule has 0 bridgehead atoms. The first kappa shape index (κ1) is 14.6. The number of rotatable bonds is 5. The molecule has 0 aromatic heterocycles. The molecule has 0 saturated heterocycles. The molecule has 0 unspecified atom stereocenters. The van der Waals surface area contributed by atoms with E-state index >= 15 is 0 Å². The smallest absolute Gasteiger partial charge is 0.251 e. The monoisotopic (exact) mass is 248 g/mol. The lowest BCUT2D eigenvalue weighted by Crippen LogP contribution is -2.43. The van der Waals surface area contributed by atoms with Gasteiger partial charge in [0.05, 0.1) is 0 Å². The van der Waals surface area contributed by atoms with E-state index in [0.717, 1.165) is 29.7 Å². The second-order valence-corrected chi connectivity index (χ2v) is 5.37. The highest BCUT2D eigenvalue weighted by atomic mass is 16.1. The molecule has 3 nitrogen and oxygen atoms in total. The summed E-state index contributed by atoms with van der Waals surface area (Å²) >= 11 is 0. The Morgan fingerprint density at radius 1 is 1.33 bits per heavy atom. The highest BCUT2D eigenvalue weighted by molar-refractivity contribution is 5.95. The summed E-state index contributed by atoms with van der Waals surface area (Å²) in [5.41, 5.74) is 2.70. The van der Waals surface area contributed by atoms with Crippen LogP contribution in [0.1, 0.15) is 49.5 Å². The highest BCUT2D eigenvalue weighted by Gasteiger charge is 2.20. The van der Waals surface area contributed by atoms with E-state index in [9.17, 15) is 4.79 Å². The van der Waals surface area contributed by atoms with Crippen LogP contribution in [0.3, 0.4) is 0 Å². The van der Waals surface area contributed by atoms with Crippen LogP contribution in [0.4, 0.5) is 5.69 Å². The van der Waals surface area contributed by atoms with E-state index in [0.29, 0.717) is 0 Å². The molecule has 0 spiro atoms. The summed E-state index contributed by atoms with van der Waals surface area (Å²) in [5, 5.41) is 6.18. The van der Waals surface area contributed by atoms with Crippen LogP contribution in [0.15, 0.2) is 18.2 Å². The second kappa shape index (κ2) is 5.89. The maximum atomic E-state index is 12.2. The van der Waals surface area contributed by atoms with Crippen molar-refractivity contribution in [2.45, 2.75) is 46.1 Å². The summed E-state index contributed by atoms with van der Waals surface area (Å²) in [6.07, 6.45) is 2.04. The minimum absolute atomic E-state index is 0.000738. The summed E-state index contributed by atoms with van der Waals surface area (Å²) < 4.78 is 0. The first-order chi connectivity index (χ1) is 8.39. The van der Waals surface area contributed by atoms with Gasteiger partial charge in [-0.05, 0) is 51.0 Å². The lowest BCUT2D eigenvalue weighted by Gasteiger charge is -2.26. The molecule has 3 heteroatoms. The zero-order valence-electron chi connectivity index (χ0n) is 12.1. The number of carbonyl (C=O) groups excluding carboxylic acids is 1. The Bertz CT molecular complexity index is 425. The molecule has 1 aromatic rings. The van der Waals surface area contributed by atoms with Crippen LogP contribution in [0, 0.1) is 6.92 Å². The topological polar surface area (TPSA) is 41.1 Å². The van der Waals surface area contributed by atoms with Gasteiger partial charge in [-0.15, -0.1) is 0 Å². The van der Waals surface area contributed by atoms with Gasteiger partial charge in [-0.3, -0.25) is 4.79 Å². The predicted octanol–water partition coefficient (Wildman–Crippen LogP) is 3.35. The van der Waals surface area contributed by atoms with Gasteiger partial charge in [-0.2, -0.15) is 0 Å². The fraction of sp³-hybridized carbons (Fsp3) is 0.533. The third-order valence-electron chi connectivity index (χ3n) is 3.08. The largest absolute Gasteiger partial charge is 0.388 e. The van der Waals surface area contributed by atoms with E-state index < -0.39 is 0 Å². The van der Waals surface area contributed by atoms with Crippen LogP contribution in [-0.4, -0.2) is 18.5 Å². The number of aryl methyl sites for hydroxylation is 1. The zero-order valence-corrected chi connectivity index (χ0v) is 12.1. The molecule has 1 aromatic carbocycles. The molecule has 0 saturated carbocycles. The summed E-state index contributed by atoms with van der Waals surface area (Å²) in [4.78, 5) is 12.2. The Labute approximate surface area is 110 Å². The molecule has 100 valence electrons. The molecular formula is C15H24N2O. The molecule has 0 aliphatic heterocycles. The number of nitrogens with one attached hydrogen (secondary N) is 2. The fourth-order valence-corrected chi connectivity index (χ4v) is 2.15. The third kappa shape index (κ3) is 3.76. The van der Waals surface area contributed by atoms with Crippen molar-refractivity contribution in [2.75, 3.05) is 12.4 Å². The Morgan fingerprint density at radius 3 is 2.50 bits per heavy atom. The van der Waals surface area contributed by atoms with Crippen LogP contribution in [0.2, 0.25) is 0 Å². The highest BCUT2D eigenvalue weighted by Crippen LogP contribution is 2.17. The fourth-order valence-electron chi connectivity index (χ4n) is 2.15. The number of anilines is 1. The number of hydrogen-bond acceptors (Lipinski definition) is 2. The molecule has 0 aliphatic carbocycles. The van der Waals surface area contributed by atoms with Crippen molar-refractivity contribution in [3.8, 4) is 0 Å². The lowest BCUT2D eigenvalue weighted by atomic mass is 9.98. The van der Waals surface area contributed by atoms with E-state index in [4.69, 9.17) is 0 Å². The molecule has 0 radical (unpaired) electrons. The molecule has 0 heterocycles. The Kier molecular flexibility index (Phi) is 4.76. The molecule has 18 heavy (non-hydrogen) atoms. The molecule has 1 amide bonds. The van der Waals surface area contributed by atoms with Gasteiger partial charge in [0.2, 0.25) is 0 Å². The van der Waals surface area contributed by atoms with Gasteiger partial charge in [-0.25, -0.2) is 0 Å². The van der Waals surface area contributed by atoms with E-state index in [2.05, 4.69) is 31.4 Å². The van der Waals surface area contributed by atoms with Crippen molar-refractivity contribution >= 4 is 11.6 Å². The van der Waals surface area contributed by atoms with Crippen molar-refractivity contribution in [3.05, 3.63) is 29.3 Å². The molecule has 2 N–H and O–H groups in total. The normalized spacial score (nSPS) is 11.2. The Hall–Kier alpha value is -1.51. The van der Waals surface area contributed by atoms with Crippen molar-refractivity contribution in [1.82, 2.24) is 5.32 Å². The van der Waals surface area contributed by atoms with Crippen LogP contribution >= 0.6 is 0 Å². The number of hydrogen-bond donors (Lipinski definition) is 2. The first-order valence-corrected chi connectivity index (χ1v) is 6.50. The SMILES string of the molecule is CCCC(C)(C)NC(=O)c1ccc(NC)c(C)c1. The number of benzene rings is 1. The Morgan fingerprint density at radius 2 is 2.00 bits per heavy atom. The molecule has 0 aliphatic rings. The van der Waals surface area contributed by atoms with Gasteiger partial charge in [0.1, 0.15) is 0 Å². The van der Waals surface area contributed by atoms with Gasteiger partial charge in [0.25, 0.3) is 5.91 Å². The van der Waals surface area contributed by atoms with E-state index in [1.54, 1.807) is 0 Å². The molecule has 0 atom stereocenters. The van der Waals surface area contributed by atoms with E-state index in [1.807, 2.05) is 32.2 Å². The average molecular weight is 248 g/mol. The molecule has 1 rings (SSSR count). The van der Waals surface area contributed by atoms with Gasteiger partial charge in [0, 0.05) is 23.8 Å². The van der Waals surface area contributed by atoms with Crippen molar-refractivity contribution in [2.24, 2.45) is 0 Å². The number of amides is 1. The lowest BCUT2D eigenvalue weighted by molar-refractivity contribution is 0.0909. The minimum atomic E-state index is -0.151. The zero-order chi connectivity index (χ0) is 13.8. The predicted molar refractivity (Wildman–Crippen MR) is 77.2 cm³/mol. The summed E-state index contributed by atoms with van der Waals surface area (Å²) in [6.45, 7) is 8.24. The van der Waals surface area contributed by atoms with Gasteiger partial charge in [-0.1, -0.05) is 13.3 Å². The van der Waals surface area contributed by atoms with Crippen LogP contribution in [0.5, 0.6) is 0 Å². The molecular weight excluding hydrogens is 224 g/mol. The Balaban J connectivity index is 2.82. The van der Waals surface area contributed by atoms with Crippen LogP contribution in [0.25, 0.3) is 0 Å². The van der Waals surface area contributed by atoms with Crippen molar-refractivity contribution in [1.29, 1.82) is 0 Å². The third-order valence-corrected chi connectivity index (χ3v) is 3.08. The summed E-state index contributed by atoms with van der Waals surface area (Å²) in [6, 6.07) is 5.72. The van der Waals surface area contributed by atoms with Gasteiger partial charge < -0.3 is 10.6 Å². The first-order valence-electron chi connectivity index (χ1n) is 6.50. The van der Waals surface area contributed by atoms with Gasteiger partial charge in [0.15, 0.2) is 0 Å². The molecule has 0 fully saturated rings. The van der Waals surface area contributed by atoms with E-state index in [-0.39, 0.29) is 11.4 Å². The standard InChI is InChI=1S/C15H24N2O/c1-6-9-15(3,4)17-14(18)12-7-8-13(16-5)11(2)10-12/h7-8,10,16H,6,9H2,1-5H3,(H,17,18). The summed E-state index contributed by atoms with van der Waals surface area (Å²) in [7, 11) is 1.88. The van der Waals surface area contributed by atoms with Crippen LogP contribution < -0.4 is 10.6 Å². The quantitative estimate of drug-likeness (QED) is 0.839. The van der Waals surface area contributed by atoms with Crippen molar-refractivity contribution < 1.29 is 4.79 Å².